The van der Waals surface area contributed by atoms with Crippen molar-refractivity contribution in [1.82, 2.24) is 5.32 Å². The molecule has 1 saturated heterocycles. The molecule has 2 aliphatic heterocycles. The van der Waals surface area contributed by atoms with Gasteiger partial charge in [0.1, 0.15) is 0 Å². The minimum Gasteiger partial charge on any atom is -0.481 e. The van der Waals surface area contributed by atoms with Crippen molar-refractivity contribution in [2.75, 3.05) is 24.5 Å². The summed E-state index contributed by atoms with van der Waals surface area (Å²) in [5.41, 5.74) is 4.29. The Labute approximate surface area is 159 Å². The zero-order valence-corrected chi connectivity index (χ0v) is 15.9. The summed E-state index contributed by atoms with van der Waals surface area (Å²) >= 11 is 6.50. The van der Waals surface area contributed by atoms with Gasteiger partial charge in [-0.3, -0.25) is 9.59 Å². The second-order valence-electron chi connectivity index (χ2n) is 6.76. The molecule has 0 radical (unpaired) electrons. The zero-order chi connectivity index (χ0) is 19.1. The number of benzene rings is 1. The molecule has 7 heteroatoms. The first-order chi connectivity index (χ1) is 12.4. The number of aliphatic carboxylic acids is 2. The van der Waals surface area contributed by atoms with Crippen LogP contribution >= 0.6 is 11.6 Å². The van der Waals surface area contributed by atoms with Gasteiger partial charge in [0.25, 0.3) is 0 Å². The molecule has 1 aromatic carbocycles. The molecule has 0 bridgehead atoms. The summed E-state index contributed by atoms with van der Waals surface area (Å²) in [5.74, 6) is -2.15. The molecular formula is C19H27ClN2O4. The quantitative estimate of drug-likeness (QED) is 0.741. The maximum atomic E-state index is 9.64. The molecule has 1 unspecified atom stereocenters. The summed E-state index contributed by atoms with van der Waals surface area (Å²) < 4.78 is 0. The van der Waals surface area contributed by atoms with E-state index in [-0.39, 0.29) is 12.8 Å². The van der Waals surface area contributed by atoms with Gasteiger partial charge < -0.3 is 20.4 Å². The SMILES string of the molecule is CC1CCCN1c1c(Cl)ccc2c1CCNCC2.O=C(O)CCC(=O)O. The molecule has 1 aromatic rings. The average molecular weight is 383 g/mol. The van der Waals surface area contributed by atoms with Crippen LogP contribution in [0, 0.1) is 0 Å². The molecule has 6 nitrogen and oxygen atoms in total. The Kier molecular flexibility index (Phi) is 7.72. The lowest BCUT2D eigenvalue weighted by Crippen LogP contribution is -2.28. The van der Waals surface area contributed by atoms with Crippen molar-refractivity contribution in [2.24, 2.45) is 0 Å². The predicted octanol–water partition coefficient (Wildman–Crippen LogP) is 2.95. The first-order valence-corrected chi connectivity index (χ1v) is 9.49. The number of carboxylic acids is 2. The van der Waals surface area contributed by atoms with Crippen molar-refractivity contribution in [1.29, 1.82) is 0 Å². The Morgan fingerprint density at radius 2 is 1.85 bits per heavy atom. The Morgan fingerprint density at radius 1 is 1.19 bits per heavy atom. The van der Waals surface area contributed by atoms with Gasteiger partial charge in [-0.25, -0.2) is 0 Å². The van der Waals surface area contributed by atoms with E-state index in [1.54, 1.807) is 0 Å². The highest BCUT2D eigenvalue weighted by molar-refractivity contribution is 6.33. The third-order valence-electron chi connectivity index (χ3n) is 4.85. The van der Waals surface area contributed by atoms with E-state index in [1.807, 2.05) is 0 Å². The standard InChI is InChI=1S/C15H21ClN2.C4H6O4/c1-11-3-2-10-18(11)15-13-7-9-17-8-6-12(13)4-5-14(15)16;5-3(6)1-2-4(7)8/h4-5,11,17H,2-3,6-10H2,1H3;1-2H2,(H,5,6)(H,7,8). The first-order valence-electron chi connectivity index (χ1n) is 9.11. The number of hydrogen-bond donors (Lipinski definition) is 3. The Bertz CT molecular complexity index is 637. The molecule has 2 heterocycles. The van der Waals surface area contributed by atoms with Gasteiger partial charge in [0.2, 0.25) is 0 Å². The van der Waals surface area contributed by atoms with Gasteiger partial charge in [-0.1, -0.05) is 17.7 Å². The molecule has 0 saturated carbocycles. The monoisotopic (exact) mass is 382 g/mol. The van der Waals surface area contributed by atoms with E-state index in [4.69, 9.17) is 21.8 Å². The van der Waals surface area contributed by atoms with Crippen LogP contribution in [0.2, 0.25) is 5.02 Å². The van der Waals surface area contributed by atoms with Gasteiger partial charge in [0.05, 0.1) is 23.6 Å². The number of anilines is 1. The molecule has 0 amide bonds. The summed E-state index contributed by atoms with van der Waals surface area (Å²) in [6.45, 7) is 5.63. The van der Waals surface area contributed by atoms with Crippen LogP contribution in [-0.2, 0) is 22.4 Å². The highest BCUT2D eigenvalue weighted by Crippen LogP contribution is 2.37. The molecule has 3 rings (SSSR count). The average Bonchev–Trinajstić information content (AvgIpc) is 2.86. The van der Waals surface area contributed by atoms with Crippen molar-refractivity contribution in [3.63, 3.8) is 0 Å². The van der Waals surface area contributed by atoms with Crippen molar-refractivity contribution in [3.8, 4) is 0 Å². The van der Waals surface area contributed by atoms with Gasteiger partial charge in [-0.15, -0.1) is 0 Å². The van der Waals surface area contributed by atoms with Crippen LogP contribution in [0.4, 0.5) is 5.69 Å². The largest absolute Gasteiger partial charge is 0.481 e. The Morgan fingerprint density at radius 3 is 2.42 bits per heavy atom. The van der Waals surface area contributed by atoms with E-state index in [2.05, 4.69) is 29.3 Å². The molecule has 1 atom stereocenters. The number of fused-ring (bicyclic) bond motifs is 1. The van der Waals surface area contributed by atoms with Crippen LogP contribution in [0.25, 0.3) is 0 Å². The minimum absolute atomic E-state index is 0.296. The molecular weight excluding hydrogens is 356 g/mol. The van der Waals surface area contributed by atoms with Crippen LogP contribution in [0.15, 0.2) is 12.1 Å². The Hall–Kier alpha value is -1.79. The fraction of sp³-hybridized carbons (Fsp3) is 0.579. The number of carboxylic acid groups (broad SMARTS) is 2. The summed E-state index contributed by atoms with van der Waals surface area (Å²) in [6.07, 6.45) is 4.22. The van der Waals surface area contributed by atoms with Crippen LogP contribution in [0.1, 0.15) is 43.7 Å². The highest BCUT2D eigenvalue weighted by atomic mass is 35.5. The summed E-state index contributed by atoms with van der Waals surface area (Å²) in [6, 6.07) is 4.94. The van der Waals surface area contributed by atoms with Crippen molar-refractivity contribution in [3.05, 3.63) is 28.3 Å². The highest BCUT2D eigenvalue weighted by Gasteiger charge is 2.26. The number of carbonyl (C=O) groups is 2. The maximum Gasteiger partial charge on any atom is 0.303 e. The predicted molar refractivity (Wildman–Crippen MR) is 102 cm³/mol. The third-order valence-corrected chi connectivity index (χ3v) is 5.15. The lowest BCUT2D eigenvalue weighted by atomic mass is 9.99. The van der Waals surface area contributed by atoms with Crippen LogP contribution in [0.5, 0.6) is 0 Å². The van der Waals surface area contributed by atoms with Crippen molar-refractivity contribution in [2.45, 2.75) is 51.5 Å². The number of nitrogens with zero attached hydrogens (tertiary/aromatic N) is 1. The molecule has 2 aliphatic rings. The van der Waals surface area contributed by atoms with E-state index in [1.165, 1.54) is 29.7 Å². The minimum atomic E-state index is -1.08. The van der Waals surface area contributed by atoms with Crippen molar-refractivity contribution >= 4 is 29.2 Å². The smallest absolute Gasteiger partial charge is 0.303 e. The molecule has 1 fully saturated rings. The molecule has 0 spiro atoms. The van der Waals surface area contributed by atoms with E-state index in [0.29, 0.717) is 6.04 Å². The topological polar surface area (TPSA) is 89.9 Å². The molecule has 0 aliphatic carbocycles. The normalized spacial score (nSPS) is 19.2. The summed E-state index contributed by atoms with van der Waals surface area (Å²) in [7, 11) is 0. The number of hydrogen-bond acceptors (Lipinski definition) is 4. The second kappa shape index (κ2) is 9.78. The molecule has 26 heavy (non-hydrogen) atoms. The first kappa shape index (κ1) is 20.5. The van der Waals surface area contributed by atoms with Gasteiger partial charge in [0.15, 0.2) is 0 Å². The summed E-state index contributed by atoms with van der Waals surface area (Å²) in [4.78, 5) is 21.8. The van der Waals surface area contributed by atoms with Gasteiger partial charge in [-0.05, 0) is 62.9 Å². The van der Waals surface area contributed by atoms with Crippen LogP contribution in [0.3, 0.4) is 0 Å². The zero-order valence-electron chi connectivity index (χ0n) is 15.1. The van der Waals surface area contributed by atoms with Gasteiger partial charge >= 0.3 is 11.9 Å². The van der Waals surface area contributed by atoms with E-state index >= 15 is 0 Å². The van der Waals surface area contributed by atoms with Gasteiger partial charge in [0, 0.05) is 12.6 Å². The summed E-state index contributed by atoms with van der Waals surface area (Å²) in [5, 5.41) is 20.2. The second-order valence-corrected chi connectivity index (χ2v) is 7.16. The lowest BCUT2D eigenvalue weighted by Gasteiger charge is -2.28. The van der Waals surface area contributed by atoms with Crippen molar-refractivity contribution < 1.29 is 19.8 Å². The number of rotatable bonds is 4. The molecule has 0 aromatic heterocycles. The Balaban J connectivity index is 0.000000260. The van der Waals surface area contributed by atoms with Crippen LogP contribution < -0.4 is 10.2 Å². The van der Waals surface area contributed by atoms with Crippen LogP contribution in [-0.4, -0.2) is 47.8 Å². The maximum absolute atomic E-state index is 9.64. The number of nitrogens with one attached hydrogen (secondary N) is 1. The lowest BCUT2D eigenvalue weighted by molar-refractivity contribution is -0.143. The molecule has 144 valence electrons. The van der Waals surface area contributed by atoms with Gasteiger partial charge in [-0.2, -0.15) is 0 Å². The van der Waals surface area contributed by atoms with E-state index in [9.17, 15) is 9.59 Å². The fourth-order valence-electron chi connectivity index (χ4n) is 3.51. The third kappa shape index (κ3) is 5.61. The number of halogens is 1. The molecule has 3 N–H and O–H groups in total. The fourth-order valence-corrected chi connectivity index (χ4v) is 3.80. The van der Waals surface area contributed by atoms with E-state index < -0.39 is 11.9 Å². The van der Waals surface area contributed by atoms with E-state index in [0.717, 1.165) is 37.5 Å².